The topological polar surface area (TPSA) is 80.5 Å². The quantitative estimate of drug-likeness (QED) is 0.876. The van der Waals surface area contributed by atoms with E-state index in [1.165, 1.54) is 4.90 Å². The van der Waals surface area contributed by atoms with Crippen LogP contribution in [0.3, 0.4) is 0 Å². The number of likely N-dealkylation sites (N-methyl/N-ethyl adjacent to an activating group) is 1. The van der Waals surface area contributed by atoms with E-state index in [2.05, 4.69) is 0 Å². The van der Waals surface area contributed by atoms with Gasteiger partial charge in [-0.2, -0.15) is 0 Å². The summed E-state index contributed by atoms with van der Waals surface area (Å²) in [5.41, 5.74) is 6.95. The van der Waals surface area contributed by atoms with E-state index in [9.17, 15) is 13.2 Å². The molecule has 1 saturated heterocycles. The highest BCUT2D eigenvalue weighted by atomic mass is 35.5. The van der Waals surface area contributed by atoms with Gasteiger partial charge in [0.1, 0.15) is 0 Å². The Morgan fingerprint density at radius 1 is 1.38 bits per heavy atom. The summed E-state index contributed by atoms with van der Waals surface area (Å²) in [5.74, 6) is 0.00668. The zero-order valence-electron chi connectivity index (χ0n) is 11.9. The standard InChI is InChI=1S/C14H20N2O3S.ClH/c1-16(12-7-8-20(18,19)10-12)14(17)13(15)9-11-5-3-2-4-6-11;/h2-6,12-13H,7-10,15H2,1H3;1H/t12?,13-;/m0./s1. The average Bonchev–Trinajstić information content (AvgIpc) is 2.78. The molecule has 5 nitrogen and oxygen atoms in total. The molecule has 1 fully saturated rings. The summed E-state index contributed by atoms with van der Waals surface area (Å²) in [5, 5.41) is 0. The number of nitrogens with zero attached hydrogens (tertiary/aromatic N) is 1. The Morgan fingerprint density at radius 2 is 2.00 bits per heavy atom. The van der Waals surface area contributed by atoms with Crippen molar-refractivity contribution in [1.82, 2.24) is 4.90 Å². The van der Waals surface area contributed by atoms with Crippen LogP contribution in [0.1, 0.15) is 12.0 Å². The van der Waals surface area contributed by atoms with Gasteiger partial charge >= 0.3 is 0 Å². The van der Waals surface area contributed by atoms with Crippen molar-refractivity contribution < 1.29 is 13.2 Å². The summed E-state index contributed by atoms with van der Waals surface area (Å²) >= 11 is 0. The molecule has 1 unspecified atom stereocenters. The third-order valence-corrected chi connectivity index (χ3v) is 5.47. The van der Waals surface area contributed by atoms with Crippen LogP contribution in [0, 0.1) is 0 Å². The van der Waals surface area contributed by atoms with Gasteiger partial charge in [0.25, 0.3) is 0 Å². The second-order valence-electron chi connectivity index (χ2n) is 5.30. The summed E-state index contributed by atoms with van der Waals surface area (Å²) in [6, 6.07) is 8.69. The van der Waals surface area contributed by atoms with E-state index in [0.29, 0.717) is 12.8 Å². The minimum Gasteiger partial charge on any atom is -0.340 e. The fourth-order valence-electron chi connectivity index (χ4n) is 2.48. The monoisotopic (exact) mass is 332 g/mol. The van der Waals surface area contributed by atoms with Crippen LogP contribution < -0.4 is 5.73 Å². The van der Waals surface area contributed by atoms with Crippen LogP contribution in [0.25, 0.3) is 0 Å². The van der Waals surface area contributed by atoms with Gasteiger partial charge in [-0.1, -0.05) is 30.3 Å². The summed E-state index contributed by atoms with van der Waals surface area (Å²) in [6.45, 7) is 0. The van der Waals surface area contributed by atoms with Crippen molar-refractivity contribution in [3.63, 3.8) is 0 Å². The Kier molecular flexibility index (Phi) is 6.19. The van der Waals surface area contributed by atoms with E-state index in [0.717, 1.165) is 5.56 Å². The van der Waals surface area contributed by atoms with Gasteiger partial charge in [-0.3, -0.25) is 4.79 Å². The highest BCUT2D eigenvalue weighted by Gasteiger charge is 2.34. The number of rotatable bonds is 4. The molecule has 2 atom stereocenters. The van der Waals surface area contributed by atoms with Crippen LogP contribution in [-0.4, -0.2) is 49.9 Å². The summed E-state index contributed by atoms with van der Waals surface area (Å²) < 4.78 is 22.9. The lowest BCUT2D eigenvalue weighted by Crippen LogP contribution is -2.47. The Morgan fingerprint density at radius 3 is 2.52 bits per heavy atom. The minimum atomic E-state index is -2.99. The van der Waals surface area contributed by atoms with Crippen molar-refractivity contribution in [2.75, 3.05) is 18.6 Å². The maximum absolute atomic E-state index is 12.3. The molecule has 1 heterocycles. The Bertz CT molecular complexity index is 577. The first-order chi connectivity index (χ1) is 9.39. The lowest BCUT2D eigenvalue weighted by molar-refractivity contribution is -0.132. The van der Waals surface area contributed by atoms with Crippen molar-refractivity contribution in [2.45, 2.75) is 24.9 Å². The summed E-state index contributed by atoms with van der Waals surface area (Å²) in [4.78, 5) is 13.7. The summed E-state index contributed by atoms with van der Waals surface area (Å²) in [7, 11) is -1.36. The molecule has 0 radical (unpaired) electrons. The highest BCUT2D eigenvalue weighted by Crippen LogP contribution is 2.17. The van der Waals surface area contributed by atoms with Crippen molar-refractivity contribution in [3.8, 4) is 0 Å². The SMILES string of the molecule is CN(C(=O)[C@@H](N)Cc1ccccc1)C1CCS(=O)(=O)C1.Cl. The number of hydrogen-bond donors (Lipinski definition) is 1. The molecule has 118 valence electrons. The van der Waals surface area contributed by atoms with Gasteiger partial charge in [0.2, 0.25) is 5.91 Å². The number of carbonyl (C=O) groups excluding carboxylic acids is 1. The van der Waals surface area contributed by atoms with Crippen LogP contribution in [0.2, 0.25) is 0 Å². The number of nitrogens with two attached hydrogens (primary N) is 1. The van der Waals surface area contributed by atoms with Gasteiger partial charge in [0.05, 0.1) is 17.5 Å². The van der Waals surface area contributed by atoms with Gasteiger partial charge in [-0.25, -0.2) is 8.42 Å². The van der Waals surface area contributed by atoms with Crippen molar-refractivity contribution in [2.24, 2.45) is 5.73 Å². The Balaban J connectivity index is 0.00000220. The zero-order chi connectivity index (χ0) is 14.8. The van der Waals surface area contributed by atoms with Gasteiger partial charge in [-0.05, 0) is 18.4 Å². The number of halogens is 1. The van der Waals surface area contributed by atoms with Gasteiger partial charge in [-0.15, -0.1) is 12.4 Å². The molecular weight excluding hydrogens is 312 g/mol. The minimum absolute atomic E-state index is 0. The number of carbonyl (C=O) groups is 1. The van der Waals surface area contributed by atoms with Gasteiger partial charge < -0.3 is 10.6 Å². The first-order valence-electron chi connectivity index (χ1n) is 6.65. The van der Waals surface area contributed by atoms with Crippen molar-refractivity contribution >= 4 is 28.2 Å². The first kappa shape index (κ1) is 17.9. The van der Waals surface area contributed by atoms with Crippen LogP contribution in [0.15, 0.2) is 30.3 Å². The van der Waals surface area contributed by atoms with E-state index in [1.54, 1.807) is 7.05 Å². The van der Waals surface area contributed by atoms with Gasteiger partial charge in [0.15, 0.2) is 9.84 Å². The van der Waals surface area contributed by atoms with E-state index in [1.807, 2.05) is 30.3 Å². The molecule has 1 amide bonds. The average molecular weight is 333 g/mol. The zero-order valence-corrected chi connectivity index (χ0v) is 13.6. The highest BCUT2D eigenvalue weighted by molar-refractivity contribution is 7.91. The molecule has 0 aromatic heterocycles. The molecule has 0 saturated carbocycles. The van der Waals surface area contributed by atoms with Crippen LogP contribution in [-0.2, 0) is 21.1 Å². The normalized spacial score (nSPS) is 21.3. The molecule has 1 aliphatic rings. The molecule has 0 spiro atoms. The lowest BCUT2D eigenvalue weighted by Gasteiger charge is -2.26. The first-order valence-corrected chi connectivity index (χ1v) is 8.48. The maximum atomic E-state index is 12.3. The molecule has 2 N–H and O–H groups in total. The third kappa shape index (κ3) is 4.69. The predicted octanol–water partition coefficient (Wildman–Crippen LogP) is 0.624. The fourth-order valence-corrected chi connectivity index (χ4v) is 4.25. The Labute approximate surface area is 131 Å². The molecule has 1 aliphatic heterocycles. The van der Waals surface area contributed by atoms with E-state index >= 15 is 0 Å². The van der Waals surface area contributed by atoms with Crippen LogP contribution >= 0.6 is 12.4 Å². The molecule has 21 heavy (non-hydrogen) atoms. The van der Waals surface area contributed by atoms with Crippen molar-refractivity contribution in [1.29, 1.82) is 0 Å². The molecule has 1 aromatic rings. The second-order valence-corrected chi connectivity index (χ2v) is 7.53. The third-order valence-electron chi connectivity index (χ3n) is 3.72. The predicted molar refractivity (Wildman–Crippen MR) is 85.2 cm³/mol. The number of amides is 1. The second kappa shape index (κ2) is 7.24. The smallest absolute Gasteiger partial charge is 0.239 e. The lowest BCUT2D eigenvalue weighted by atomic mass is 10.0. The maximum Gasteiger partial charge on any atom is 0.239 e. The molecule has 7 heteroatoms. The van der Waals surface area contributed by atoms with Crippen molar-refractivity contribution in [3.05, 3.63) is 35.9 Å². The number of hydrogen-bond acceptors (Lipinski definition) is 4. The summed E-state index contributed by atoms with van der Waals surface area (Å²) in [6.07, 6.45) is 0.964. The van der Waals surface area contributed by atoms with E-state index < -0.39 is 15.9 Å². The van der Waals surface area contributed by atoms with Gasteiger partial charge in [0, 0.05) is 13.1 Å². The molecule has 0 aliphatic carbocycles. The molecular formula is C14H21ClN2O3S. The molecule has 0 bridgehead atoms. The number of benzene rings is 1. The Hall–Kier alpha value is -1.11. The van der Waals surface area contributed by atoms with E-state index in [-0.39, 0.29) is 35.9 Å². The van der Waals surface area contributed by atoms with E-state index in [4.69, 9.17) is 5.73 Å². The fraction of sp³-hybridized carbons (Fsp3) is 0.500. The van der Waals surface area contributed by atoms with Crippen LogP contribution in [0.5, 0.6) is 0 Å². The van der Waals surface area contributed by atoms with Crippen LogP contribution in [0.4, 0.5) is 0 Å². The number of sulfone groups is 1. The molecule has 2 rings (SSSR count). The molecule has 1 aromatic carbocycles. The largest absolute Gasteiger partial charge is 0.340 e.